The van der Waals surface area contributed by atoms with E-state index in [-0.39, 0.29) is 0 Å². The van der Waals surface area contributed by atoms with Gasteiger partial charge in [0.1, 0.15) is 0 Å². The first-order chi connectivity index (χ1) is 9.51. The van der Waals surface area contributed by atoms with Gasteiger partial charge in [-0.15, -0.1) is 0 Å². The van der Waals surface area contributed by atoms with Crippen molar-refractivity contribution in [3.8, 4) is 0 Å². The monoisotopic (exact) mass is 280 g/mol. The minimum Gasteiger partial charge on any atom is -0.311 e. The molecule has 20 heavy (non-hydrogen) atoms. The van der Waals surface area contributed by atoms with Crippen LogP contribution in [0.5, 0.6) is 0 Å². The number of nitrogens with one attached hydrogen (secondary N) is 1. The molecule has 0 aromatic heterocycles. The highest BCUT2D eigenvalue weighted by Gasteiger charge is 2.35. The lowest BCUT2D eigenvalue weighted by molar-refractivity contribution is 0.0342. The molecule has 1 N–H and O–H groups in total. The molecular weight excluding hydrogens is 244 g/mol. The van der Waals surface area contributed by atoms with Gasteiger partial charge < -0.3 is 5.32 Å². The third kappa shape index (κ3) is 3.98. The summed E-state index contributed by atoms with van der Waals surface area (Å²) < 4.78 is 0. The quantitative estimate of drug-likeness (QED) is 0.840. The summed E-state index contributed by atoms with van der Waals surface area (Å²) in [5, 5.41) is 3.80. The molecule has 0 amide bonds. The number of piperazine rings is 1. The van der Waals surface area contributed by atoms with Crippen molar-refractivity contribution in [2.75, 3.05) is 13.1 Å². The first-order valence-corrected chi connectivity index (χ1v) is 9.00. The van der Waals surface area contributed by atoms with Gasteiger partial charge in [0.25, 0.3) is 0 Å². The van der Waals surface area contributed by atoms with Crippen molar-refractivity contribution in [3.05, 3.63) is 0 Å². The number of rotatable bonds is 4. The molecule has 118 valence electrons. The number of hydrogen-bond acceptors (Lipinski definition) is 2. The van der Waals surface area contributed by atoms with Crippen LogP contribution in [-0.2, 0) is 0 Å². The van der Waals surface area contributed by atoms with Crippen LogP contribution in [0.4, 0.5) is 0 Å². The van der Waals surface area contributed by atoms with Gasteiger partial charge in [0.15, 0.2) is 0 Å². The second-order valence-corrected chi connectivity index (χ2v) is 7.92. The summed E-state index contributed by atoms with van der Waals surface area (Å²) in [5.74, 6) is 2.64. The van der Waals surface area contributed by atoms with Crippen molar-refractivity contribution in [1.82, 2.24) is 10.2 Å². The number of nitrogens with zero attached hydrogens (tertiary/aromatic N) is 1. The molecule has 0 spiro atoms. The van der Waals surface area contributed by atoms with Gasteiger partial charge in [0.05, 0.1) is 0 Å². The fourth-order valence-electron chi connectivity index (χ4n) is 4.26. The summed E-state index contributed by atoms with van der Waals surface area (Å²) >= 11 is 0. The molecule has 1 saturated carbocycles. The normalized spacial score (nSPS) is 40.2. The van der Waals surface area contributed by atoms with Crippen LogP contribution in [0.2, 0.25) is 0 Å². The highest BCUT2D eigenvalue weighted by molar-refractivity contribution is 4.92. The van der Waals surface area contributed by atoms with Gasteiger partial charge in [-0.1, -0.05) is 34.6 Å². The fraction of sp³-hybridized carbons (Fsp3) is 1.00. The van der Waals surface area contributed by atoms with Crippen LogP contribution in [0.3, 0.4) is 0 Å². The van der Waals surface area contributed by atoms with Crippen LogP contribution in [0.25, 0.3) is 0 Å². The molecule has 5 unspecified atom stereocenters. The average Bonchev–Trinajstić information content (AvgIpc) is 2.41. The summed E-state index contributed by atoms with van der Waals surface area (Å²) in [6.07, 6.45) is 6.90. The molecule has 0 radical (unpaired) electrons. The lowest BCUT2D eigenvalue weighted by atomic mass is 9.77. The van der Waals surface area contributed by atoms with Crippen LogP contribution < -0.4 is 5.32 Å². The third-order valence-corrected chi connectivity index (χ3v) is 5.81. The molecule has 1 saturated heterocycles. The Morgan fingerprint density at radius 1 is 1.15 bits per heavy atom. The smallest absolute Gasteiger partial charge is 0.0221 e. The topological polar surface area (TPSA) is 15.3 Å². The maximum absolute atomic E-state index is 3.80. The molecule has 5 atom stereocenters. The van der Waals surface area contributed by atoms with Gasteiger partial charge in [-0.25, -0.2) is 0 Å². The van der Waals surface area contributed by atoms with Crippen molar-refractivity contribution in [2.24, 2.45) is 17.8 Å². The van der Waals surface area contributed by atoms with Gasteiger partial charge in [-0.3, -0.25) is 4.90 Å². The van der Waals surface area contributed by atoms with Gasteiger partial charge >= 0.3 is 0 Å². The SMILES string of the molecule is CCC1CNC(CC(C)C)CN1C1CCC(C)C(C)C1. The lowest BCUT2D eigenvalue weighted by Crippen LogP contribution is -2.60. The van der Waals surface area contributed by atoms with E-state index in [2.05, 4.69) is 44.8 Å². The molecule has 2 heteroatoms. The lowest BCUT2D eigenvalue weighted by Gasteiger charge is -2.48. The van der Waals surface area contributed by atoms with E-state index in [1.807, 2.05) is 0 Å². The van der Waals surface area contributed by atoms with Crippen molar-refractivity contribution in [1.29, 1.82) is 0 Å². The standard InChI is InChI=1S/C18H36N2/c1-6-17-11-19-16(9-13(2)3)12-20(17)18-8-7-14(4)15(5)10-18/h13-19H,6-12H2,1-5H3. The van der Waals surface area contributed by atoms with Crippen LogP contribution in [0.1, 0.15) is 66.7 Å². The van der Waals surface area contributed by atoms with Gasteiger partial charge in [0, 0.05) is 31.2 Å². The Morgan fingerprint density at radius 3 is 2.50 bits per heavy atom. The fourth-order valence-corrected chi connectivity index (χ4v) is 4.26. The highest BCUT2D eigenvalue weighted by atomic mass is 15.3. The van der Waals surface area contributed by atoms with E-state index in [9.17, 15) is 0 Å². The molecule has 0 aromatic carbocycles. The molecule has 0 aromatic rings. The number of hydrogen-bond donors (Lipinski definition) is 1. The molecular formula is C18H36N2. The van der Waals surface area contributed by atoms with Crippen molar-refractivity contribution in [3.63, 3.8) is 0 Å². The minimum absolute atomic E-state index is 0.715. The maximum Gasteiger partial charge on any atom is 0.0221 e. The van der Waals surface area contributed by atoms with Gasteiger partial charge in [-0.05, 0) is 49.9 Å². The Balaban J connectivity index is 1.98. The zero-order chi connectivity index (χ0) is 14.7. The summed E-state index contributed by atoms with van der Waals surface area (Å²) in [5.41, 5.74) is 0. The molecule has 1 heterocycles. The zero-order valence-corrected chi connectivity index (χ0v) is 14.4. The molecule has 1 aliphatic carbocycles. The zero-order valence-electron chi connectivity index (χ0n) is 14.4. The minimum atomic E-state index is 0.715. The Bertz CT molecular complexity index is 289. The van der Waals surface area contributed by atoms with E-state index in [0.717, 1.165) is 29.8 Å². The first-order valence-electron chi connectivity index (χ1n) is 9.00. The van der Waals surface area contributed by atoms with E-state index in [0.29, 0.717) is 6.04 Å². The van der Waals surface area contributed by atoms with Crippen molar-refractivity contribution < 1.29 is 0 Å². The van der Waals surface area contributed by atoms with Crippen LogP contribution in [0, 0.1) is 17.8 Å². The van der Waals surface area contributed by atoms with Crippen molar-refractivity contribution >= 4 is 0 Å². The Morgan fingerprint density at radius 2 is 1.90 bits per heavy atom. The second-order valence-electron chi connectivity index (χ2n) is 7.92. The molecule has 1 aliphatic heterocycles. The Labute approximate surface area is 126 Å². The largest absolute Gasteiger partial charge is 0.311 e. The predicted molar refractivity (Wildman–Crippen MR) is 88.0 cm³/mol. The van der Waals surface area contributed by atoms with E-state index in [1.165, 1.54) is 45.2 Å². The first kappa shape index (κ1) is 16.3. The summed E-state index contributed by atoms with van der Waals surface area (Å²) in [4.78, 5) is 2.88. The molecule has 2 nitrogen and oxygen atoms in total. The van der Waals surface area contributed by atoms with Crippen LogP contribution >= 0.6 is 0 Å². The highest BCUT2D eigenvalue weighted by Crippen LogP contribution is 2.34. The van der Waals surface area contributed by atoms with Crippen molar-refractivity contribution in [2.45, 2.75) is 84.8 Å². The Hall–Kier alpha value is -0.0800. The van der Waals surface area contributed by atoms with Crippen LogP contribution in [0.15, 0.2) is 0 Å². The summed E-state index contributed by atoms with van der Waals surface area (Å²) in [7, 11) is 0. The van der Waals surface area contributed by atoms with E-state index < -0.39 is 0 Å². The Kier molecular flexibility index (Phi) is 5.92. The van der Waals surface area contributed by atoms with Crippen LogP contribution in [-0.4, -0.2) is 36.1 Å². The van der Waals surface area contributed by atoms with E-state index in [4.69, 9.17) is 0 Å². The van der Waals surface area contributed by atoms with Gasteiger partial charge in [-0.2, -0.15) is 0 Å². The van der Waals surface area contributed by atoms with Gasteiger partial charge in [0.2, 0.25) is 0 Å². The molecule has 2 rings (SSSR count). The summed E-state index contributed by atoms with van der Waals surface area (Å²) in [6, 6.07) is 2.33. The van der Waals surface area contributed by atoms with E-state index in [1.54, 1.807) is 0 Å². The van der Waals surface area contributed by atoms with E-state index >= 15 is 0 Å². The second kappa shape index (κ2) is 7.26. The third-order valence-electron chi connectivity index (χ3n) is 5.81. The average molecular weight is 280 g/mol. The molecule has 2 aliphatic rings. The summed E-state index contributed by atoms with van der Waals surface area (Å²) in [6.45, 7) is 14.4. The maximum atomic E-state index is 3.80. The molecule has 2 fully saturated rings. The molecule has 0 bridgehead atoms. The predicted octanol–water partition coefficient (Wildman–Crippen LogP) is 3.91.